The summed E-state index contributed by atoms with van der Waals surface area (Å²) in [6.07, 6.45) is 2.47. The third kappa shape index (κ3) is 5.25. The molecule has 0 aliphatic carbocycles. The van der Waals surface area contributed by atoms with Crippen LogP contribution in [0, 0.1) is 5.82 Å². The zero-order valence-electron chi connectivity index (χ0n) is 17.0. The molecule has 1 amide bonds. The Morgan fingerprint density at radius 2 is 2.03 bits per heavy atom. The number of amides is 1. The number of carbonyl (C=O) groups is 1. The number of methoxy groups -OCH3 is 1. The number of likely N-dealkylation sites (N-methyl/N-ethyl adjacent to an activating group) is 1. The summed E-state index contributed by atoms with van der Waals surface area (Å²) < 4.78 is 33.7. The quantitative estimate of drug-likeness (QED) is 0.518. The number of nitrogens with one attached hydrogen (secondary N) is 2. The molecule has 162 valence electrons. The van der Waals surface area contributed by atoms with Gasteiger partial charge in [0.05, 0.1) is 29.0 Å². The fourth-order valence-corrected chi connectivity index (χ4v) is 2.89. The Bertz CT molecular complexity index is 1150. The summed E-state index contributed by atoms with van der Waals surface area (Å²) in [6, 6.07) is 7.61. The largest absolute Gasteiger partial charge is 0.494 e. The topological polar surface area (TPSA) is 79.4 Å². The van der Waals surface area contributed by atoms with Crippen LogP contribution in [0.2, 0.25) is 5.02 Å². The normalized spacial score (nSPS) is 11.6. The Morgan fingerprint density at radius 3 is 2.74 bits per heavy atom. The molecule has 0 bridgehead atoms. The van der Waals surface area contributed by atoms with Gasteiger partial charge in [-0.3, -0.25) is 4.79 Å². The van der Waals surface area contributed by atoms with E-state index in [9.17, 15) is 13.6 Å². The van der Waals surface area contributed by atoms with Crippen LogP contribution < -0.4 is 15.4 Å². The van der Waals surface area contributed by atoms with E-state index in [4.69, 9.17) is 16.3 Å². The summed E-state index contributed by atoms with van der Waals surface area (Å²) in [7, 11) is 4.92. The minimum Gasteiger partial charge on any atom is -0.494 e. The smallest absolute Gasteiger partial charge is 0.284 e. The average Bonchev–Trinajstić information content (AvgIpc) is 2.75. The van der Waals surface area contributed by atoms with Crippen molar-refractivity contribution in [2.75, 3.05) is 38.4 Å². The first-order valence-electron chi connectivity index (χ1n) is 9.15. The van der Waals surface area contributed by atoms with Crippen molar-refractivity contribution in [2.24, 2.45) is 0 Å². The van der Waals surface area contributed by atoms with Gasteiger partial charge >= 0.3 is 0 Å². The summed E-state index contributed by atoms with van der Waals surface area (Å²) >= 11 is 5.84. The van der Waals surface area contributed by atoms with Gasteiger partial charge in [-0.2, -0.15) is 0 Å². The Balaban J connectivity index is 1.99. The van der Waals surface area contributed by atoms with Crippen molar-refractivity contribution in [3.8, 4) is 5.75 Å². The van der Waals surface area contributed by atoms with E-state index in [0.717, 1.165) is 0 Å². The van der Waals surface area contributed by atoms with Gasteiger partial charge in [0.15, 0.2) is 11.6 Å². The van der Waals surface area contributed by atoms with Gasteiger partial charge in [-0.05, 0) is 38.4 Å². The first kappa shape index (κ1) is 22.4. The number of rotatable bonds is 7. The molecule has 3 rings (SSSR count). The maximum absolute atomic E-state index is 14.3. The van der Waals surface area contributed by atoms with Crippen LogP contribution in [0.15, 0.2) is 48.6 Å². The van der Waals surface area contributed by atoms with Crippen LogP contribution in [0.3, 0.4) is 0 Å². The summed E-state index contributed by atoms with van der Waals surface area (Å²) in [5.74, 6) is -1.94. The molecule has 0 spiro atoms. The number of carbonyl (C=O) groups excluding carboxylic acids is 1. The number of aromatic nitrogens is 2. The van der Waals surface area contributed by atoms with Gasteiger partial charge in [-0.15, -0.1) is 0 Å². The van der Waals surface area contributed by atoms with Crippen LogP contribution in [0.1, 0.15) is 0 Å². The lowest BCUT2D eigenvalue weighted by Crippen LogP contribution is -2.16. The van der Waals surface area contributed by atoms with Crippen LogP contribution in [0.5, 0.6) is 5.75 Å². The zero-order chi connectivity index (χ0) is 22.5. The molecule has 1 heterocycles. The highest BCUT2D eigenvalue weighted by Crippen LogP contribution is 2.34. The molecule has 0 atom stereocenters. The van der Waals surface area contributed by atoms with Gasteiger partial charge in [-0.1, -0.05) is 17.7 Å². The minimum atomic E-state index is -0.931. The maximum atomic E-state index is 14.3. The Kier molecular flexibility index (Phi) is 6.98. The SMILES string of the molecule is COc1cc2ncnc(Nc3cccc(Cl)c3F)c2cc1NC(=O)/C(F)=C/CN(C)C. The molecule has 0 aliphatic rings. The second-order valence-corrected chi connectivity index (χ2v) is 7.19. The van der Waals surface area contributed by atoms with Crippen molar-refractivity contribution in [1.29, 1.82) is 0 Å². The first-order valence-corrected chi connectivity index (χ1v) is 9.53. The van der Waals surface area contributed by atoms with Crippen LogP contribution in [0.4, 0.5) is 26.0 Å². The molecule has 0 saturated heterocycles. The van der Waals surface area contributed by atoms with Crippen molar-refractivity contribution < 1.29 is 18.3 Å². The van der Waals surface area contributed by atoms with E-state index >= 15 is 0 Å². The summed E-state index contributed by atoms with van der Waals surface area (Å²) in [5.41, 5.74) is 0.794. The fourth-order valence-electron chi connectivity index (χ4n) is 2.72. The van der Waals surface area contributed by atoms with Gasteiger partial charge in [0.25, 0.3) is 5.91 Å². The average molecular weight is 448 g/mol. The van der Waals surface area contributed by atoms with Crippen LogP contribution >= 0.6 is 11.6 Å². The predicted molar refractivity (Wildman–Crippen MR) is 117 cm³/mol. The Labute approximate surface area is 182 Å². The second-order valence-electron chi connectivity index (χ2n) is 6.79. The van der Waals surface area contributed by atoms with E-state index in [1.807, 2.05) is 0 Å². The summed E-state index contributed by atoms with van der Waals surface area (Å²) in [6.45, 7) is 0.265. The number of hydrogen-bond acceptors (Lipinski definition) is 6. The van der Waals surface area contributed by atoms with Gasteiger partial charge < -0.3 is 20.3 Å². The number of ether oxygens (including phenoxy) is 1. The van der Waals surface area contributed by atoms with Crippen molar-refractivity contribution in [2.45, 2.75) is 0 Å². The number of hydrogen-bond donors (Lipinski definition) is 2. The van der Waals surface area contributed by atoms with E-state index < -0.39 is 17.6 Å². The van der Waals surface area contributed by atoms with E-state index in [1.54, 1.807) is 31.1 Å². The number of nitrogens with zero attached hydrogens (tertiary/aromatic N) is 3. The molecule has 2 N–H and O–H groups in total. The second kappa shape index (κ2) is 9.67. The lowest BCUT2D eigenvalue weighted by Gasteiger charge is -2.14. The van der Waals surface area contributed by atoms with Gasteiger partial charge in [0, 0.05) is 18.0 Å². The Hall–Kier alpha value is -3.30. The van der Waals surface area contributed by atoms with Crippen molar-refractivity contribution >= 4 is 45.6 Å². The summed E-state index contributed by atoms with van der Waals surface area (Å²) in [5, 5.41) is 5.77. The molecule has 2 aromatic carbocycles. The molecular formula is C21H20ClF2N5O2. The highest BCUT2D eigenvalue weighted by Gasteiger charge is 2.16. The Morgan fingerprint density at radius 1 is 1.26 bits per heavy atom. The summed E-state index contributed by atoms with van der Waals surface area (Å²) in [4.78, 5) is 22.3. The maximum Gasteiger partial charge on any atom is 0.284 e. The van der Waals surface area contributed by atoms with Gasteiger partial charge in [0.1, 0.15) is 17.9 Å². The molecule has 7 nitrogen and oxygen atoms in total. The molecule has 31 heavy (non-hydrogen) atoms. The fraction of sp³-hybridized carbons (Fsp3) is 0.190. The first-order chi connectivity index (χ1) is 14.8. The third-order valence-electron chi connectivity index (χ3n) is 4.26. The molecule has 0 unspecified atom stereocenters. The van der Waals surface area contributed by atoms with E-state index in [-0.39, 0.29) is 34.5 Å². The molecule has 3 aromatic rings. The van der Waals surface area contributed by atoms with E-state index in [1.165, 1.54) is 37.7 Å². The van der Waals surface area contributed by atoms with Gasteiger partial charge in [0.2, 0.25) is 0 Å². The highest BCUT2D eigenvalue weighted by atomic mass is 35.5. The monoisotopic (exact) mass is 447 g/mol. The van der Waals surface area contributed by atoms with Crippen molar-refractivity contribution in [3.05, 3.63) is 59.4 Å². The molecule has 0 aliphatic heterocycles. The molecule has 1 aromatic heterocycles. The van der Waals surface area contributed by atoms with Crippen molar-refractivity contribution in [3.63, 3.8) is 0 Å². The zero-order valence-corrected chi connectivity index (χ0v) is 17.8. The van der Waals surface area contributed by atoms with Crippen molar-refractivity contribution in [1.82, 2.24) is 14.9 Å². The molecular weight excluding hydrogens is 428 g/mol. The van der Waals surface area contributed by atoms with E-state index in [0.29, 0.717) is 10.9 Å². The lowest BCUT2D eigenvalue weighted by atomic mass is 10.1. The van der Waals surface area contributed by atoms with Crippen LogP contribution in [0.25, 0.3) is 10.9 Å². The molecule has 0 radical (unpaired) electrons. The van der Waals surface area contributed by atoms with Crippen LogP contribution in [-0.4, -0.2) is 48.5 Å². The highest BCUT2D eigenvalue weighted by molar-refractivity contribution is 6.31. The molecule has 0 saturated carbocycles. The number of benzene rings is 2. The predicted octanol–water partition coefficient (Wildman–Crippen LogP) is 4.53. The third-order valence-corrected chi connectivity index (χ3v) is 4.55. The molecule has 10 heteroatoms. The number of halogens is 3. The number of fused-ring (bicyclic) bond motifs is 1. The van der Waals surface area contributed by atoms with Crippen LogP contribution in [-0.2, 0) is 4.79 Å². The van der Waals surface area contributed by atoms with Gasteiger partial charge in [-0.25, -0.2) is 18.7 Å². The lowest BCUT2D eigenvalue weighted by molar-refractivity contribution is -0.114. The van der Waals surface area contributed by atoms with E-state index in [2.05, 4.69) is 20.6 Å². The minimum absolute atomic E-state index is 0.0435. The standard InChI is InChI=1S/C21H20ClF2N5O2/c1-29(2)8-7-14(23)21(30)28-17-9-12-16(10-18(17)31-3)25-11-26-20(12)27-15-6-4-5-13(22)19(15)24/h4-7,9-11H,8H2,1-3H3,(H,28,30)(H,25,26,27)/b14-7-. The molecule has 0 fully saturated rings. The number of anilines is 3.